The van der Waals surface area contributed by atoms with Crippen LogP contribution >= 0.6 is 11.3 Å². The van der Waals surface area contributed by atoms with Crippen LogP contribution in [0.3, 0.4) is 0 Å². The molecule has 33 heavy (non-hydrogen) atoms. The summed E-state index contributed by atoms with van der Waals surface area (Å²) in [7, 11) is -3.55. The molecule has 6 nitrogen and oxygen atoms in total. The van der Waals surface area contributed by atoms with Crippen molar-refractivity contribution in [1.82, 2.24) is 9.29 Å². The number of rotatable bonds is 9. The summed E-state index contributed by atoms with van der Waals surface area (Å²) in [5, 5.41) is 4.11. The van der Waals surface area contributed by atoms with Crippen LogP contribution in [0.5, 0.6) is 0 Å². The van der Waals surface area contributed by atoms with Gasteiger partial charge in [-0.15, -0.1) is 11.3 Å². The molecule has 0 amide bonds. The molecule has 0 saturated carbocycles. The molecular formula is C25H25N3O3S2. The van der Waals surface area contributed by atoms with Crippen molar-refractivity contribution in [2.45, 2.75) is 18.7 Å². The lowest BCUT2D eigenvalue weighted by atomic mass is 10.1. The zero-order chi connectivity index (χ0) is 23.4. The van der Waals surface area contributed by atoms with Crippen LogP contribution in [0.2, 0.25) is 0 Å². The second-order valence-corrected chi connectivity index (χ2v) is 10.4. The fourth-order valence-corrected chi connectivity index (χ4v) is 6.08. The molecule has 0 aliphatic heterocycles. The lowest BCUT2D eigenvalue weighted by molar-refractivity contribution is 0.101. The van der Waals surface area contributed by atoms with E-state index in [1.807, 2.05) is 48.5 Å². The molecule has 0 radical (unpaired) electrons. The van der Waals surface area contributed by atoms with Crippen LogP contribution in [0.15, 0.2) is 77.7 Å². The van der Waals surface area contributed by atoms with Crippen molar-refractivity contribution in [3.8, 4) is 10.6 Å². The molecule has 0 atom stereocenters. The van der Waals surface area contributed by atoms with E-state index in [1.165, 1.54) is 16.4 Å². The monoisotopic (exact) mass is 479 g/mol. The van der Waals surface area contributed by atoms with Crippen molar-refractivity contribution in [3.63, 3.8) is 0 Å². The Kier molecular flexibility index (Phi) is 6.88. The van der Waals surface area contributed by atoms with Gasteiger partial charge in [0, 0.05) is 29.9 Å². The van der Waals surface area contributed by atoms with Gasteiger partial charge in [0.05, 0.1) is 21.7 Å². The number of para-hydroxylation sites is 2. The second-order valence-electron chi connectivity index (χ2n) is 7.42. The number of sulfonamides is 1. The average molecular weight is 480 g/mol. The van der Waals surface area contributed by atoms with Gasteiger partial charge in [0.25, 0.3) is 0 Å². The first-order valence-corrected chi connectivity index (χ1v) is 13.0. The minimum atomic E-state index is -3.55. The Morgan fingerprint density at radius 1 is 0.939 bits per heavy atom. The van der Waals surface area contributed by atoms with Gasteiger partial charge in [-0.2, -0.15) is 4.31 Å². The first kappa shape index (κ1) is 23.1. The van der Waals surface area contributed by atoms with Crippen LogP contribution in [0, 0.1) is 0 Å². The Bertz CT molecular complexity index is 1340. The van der Waals surface area contributed by atoms with Gasteiger partial charge in [0.1, 0.15) is 5.01 Å². The second kappa shape index (κ2) is 9.82. The van der Waals surface area contributed by atoms with Crippen LogP contribution in [-0.2, 0) is 10.0 Å². The number of fused-ring (bicyclic) bond motifs is 1. The number of anilines is 1. The number of hydrogen-bond acceptors (Lipinski definition) is 6. The topological polar surface area (TPSA) is 79.4 Å². The minimum Gasteiger partial charge on any atom is -0.377 e. The molecule has 0 aliphatic carbocycles. The molecule has 1 heterocycles. The molecule has 4 aromatic rings. The highest BCUT2D eigenvalue weighted by Crippen LogP contribution is 2.34. The molecule has 0 spiro atoms. The number of ketones is 1. The normalized spacial score (nSPS) is 11.7. The fourth-order valence-electron chi connectivity index (χ4n) is 3.61. The van der Waals surface area contributed by atoms with Crippen LogP contribution < -0.4 is 5.32 Å². The third-order valence-electron chi connectivity index (χ3n) is 5.41. The van der Waals surface area contributed by atoms with Gasteiger partial charge in [0.15, 0.2) is 5.78 Å². The SMILES string of the molecule is CCN(CC)S(=O)(=O)c1ccc(C(=O)CNc2ccccc2-c2nc3ccccc3s2)cc1. The highest BCUT2D eigenvalue weighted by atomic mass is 32.2. The van der Waals surface area contributed by atoms with Crippen LogP contribution in [0.25, 0.3) is 20.8 Å². The molecule has 4 rings (SSSR count). The third kappa shape index (κ3) is 4.83. The lowest BCUT2D eigenvalue weighted by Crippen LogP contribution is -2.30. The number of carbonyl (C=O) groups is 1. The molecular weight excluding hydrogens is 454 g/mol. The van der Waals surface area contributed by atoms with Crippen LogP contribution in [-0.4, -0.2) is 43.1 Å². The number of carbonyl (C=O) groups excluding carboxylic acids is 1. The van der Waals surface area contributed by atoms with Crippen LogP contribution in [0.4, 0.5) is 5.69 Å². The number of Topliss-reactive ketones (excluding diaryl/α,β-unsaturated/α-hetero) is 1. The minimum absolute atomic E-state index is 0.0874. The third-order valence-corrected chi connectivity index (χ3v) is 8.54. The first-order chi connectivity index (χ1) is 15.9. The lowest BCUT2D eigenvalue weighted by Gasteiger charge is -2.18. The quantitative estimate of drug-likeness (QED) is 0.330. The molecule has 0 unspecified atom stereocenters. The van der Waals surface area contributed by atoms with Crippen molar-refractivity contribution in [1.29, 1.82) is 0 Å². The maximum atomic E-state index is 12.8. The first-order valence-electron chi connectivity index (χ1n) is 10.8. The van der Waals surface area contributed by atoms with Crippen molar-refractivity contribution < 1.29 is 13.2 Å². The molecule has 0 bridgehead atoms. The zero-order valence-electron chi connectivity index (χ0n) is 18.5. The van der Waals surface area contributed by atoms with Crippen molar-refractivity contribution in [2.24, 2.45) is 0 Å². The number of benzene rings is 3. The van der Waals surface area contributed by atoms with Gasteiger partial charge in [-0.05, 0) is 48.5 Å². The highest BCUT2D eigenvalue weighted by molar-refractivity contribution is 7.89. The number of nitrogens with one attached hydrogen (secondary N) is 1. The van der Waals surface area contributed by atoms with E-state index in [-0.39, 0.29) is 17.2 Å². The summed E-state index contributed by atoms with van der Waals surface area (Å²) in [5.74, 6) is -0.124. The maximum Gasteiger partial charge on any atom is 0.243 e. The predicted molar refractivity (Wildman–Crippen MR) is 134 cm³/mol. The summed E-state index contributed by atoms with van der Waals surface area (Å²) in [6, 6.07) is 21.9. The summed E-state index contributed by atoms with van der Waals surface area (Å²) < 4.78 is 27.8. The summed E-state index contributed by atoms with van der Waals surface area (Å²) in [6.45, 7) is 4.49. The molecule has 0 fully saturated rings. The summed E-state index contributed by atoms with van der Waals surface area (Å²) in [5.41, 5.74) is 3.17. The van der Waals surface area contributed by atoms with Gasteiger partial charge >= 0.3 is 0 Å². The summed E-state index contributed by atoms with van der Waals surface area (Å²) in [6.07, 6.45) is 0. The number of thiazole rings is 1. The Balaban J connectivity index is 1.50. The molecule has 0 aliphatic rings. The smallest absolute Gasteiger partial charge is 0.243 e. The van der Waals surface area contributed by atoms with Gasteiger partial charge in [-0.1, -0.05) is 38.1 Å². The number of hydrogen-bond donors (Lipinski definition) is 1. The van der Waals surface area contributed by atoms with E-state index in [0.717, 1.165) is 26.5 Å². The van der Waals surface area contributed by atoms with E-state index in [1.54, 1.807) is 37.3 Å². The van der Waals surface area contributed by atoms with Crippen molar-refractivity contribution in [3.05, 3.63) is 78.4 Å². The summed E-state index contributed by atoms with van der Waals surface area (Å²) >= 11 is 1.61. The molecule has 1 N–H and O–H groups in total. The van der Waals surface area contributed by atoms with E-state index in [0.29, 0.717) is 18.7 Å². The Morgan fingerprint density at radius 2 is 1.61 bits per heavy atom. The van der Waals surface area contributed by atoms with Gasteiger partial charge in [-0.3, -0.25) is 4.79 Å². The number of aromatic nitrogens is 1. The average Bonchev–Trinajstić information content (AvgIpc) is 3.27. The molecule has 8 heteroatoms. The van der Waals surface area contributed by atoms with E-state index >= 15 is 0 Å². The Labute approximate surface area is 198 Å². The molecule has 1 aromatic heterocycles. The largest absolute Gasteiger partial charge is 0.377 e. The van der Waals surface area contributed by atoms with Crippen molar-refractivity contribution >= 4 is 43.0 Å². The van der Waals surface area contributed by atoms with E-state index < -0.39 is 10.0 Å². The predicted octanol–water partition coefficient (Wildman–Crippen LogP) is 5.29. The van der Waals surface area contributed by atoms with Crippen LogP contribution in [0.1, 0.15) is 24.2 Å². The van der Waals surface area contributed by atoms with E-state index in [9.17, 15) is 13.2 Å². The van der Waals surface area contributed by atoms with Gasteiger partial charge < -0.3 is 5.32 Å². The van der Waals surface area contributed by atoms with Gasteiger partial charge in [0.2, 0.25) is 10.0 Å². The highest BCUT2D eigenvalue weighted by Gasteiger charge is 2.21. The number of nitrogens with zero attached hydrogens (tertiary/aromatic N) is 2. The Morgan fingerprint density at radius 3 is 2.30 bits per heavy atom. The zero-order valence-corrected chi connectivity index (χ0v) is 20.1. The maximum absolute atomic E-state index is 12.8. The molecule has 3 aromatic carbocycles. The Hall–Kier alpha value is -3.07. The fraction of sp³-hybridized carbons (Fsp3) is 0.200. The van der Waals surface area contributed by atoms with Gasteiger partial charge in [-0.25, -0.2) is 13.4 Å². The van der Waals surface area contributed by atoms with E-state index in [2.05, 4.69) is 5.32 Å². The molecule has 0 saturated heterocycles. The molecule has 170 valence electrons. The standard InChI is InChI=1S/C25H25N3O3S2/c1-3-28(4-2)33(30,31)19-15-13-18(14-16-19)23(29)17-26-21-10-6-5-9-20(21)25-27-22-11-7-8-12-24(22)32-25/h5-16,26H,3-4,17H2,1-2H3. The van der Waals surface area contributed by atoms with E-state index in [4.69, 9.17) is 4.98 Å². The van der Waals surface area contributed by atoms with Crippen molar-refractivity contribution in [2.75, 3.05) is 25.0 Å². The summed E-state index contributed by atoms with van der Waals surface area (Å²) in [4.78, 5) is 17.7.